The predicted octanol–water partition coefficient (Wildman–Crippen LogP) is 2.99. The first kappa shape index (κ1) is 17.2. The number of benzene rings is 2. The van der Waals surface area contributed by atoms with Crippen molar-refractivity contribution in [1.29, 1.82) is 0 Å². The molecule has 3 rings (SSSR count). The third kappa shape index (κ3) is 4.25. The van der Waals surface area contributed by atoms with Crippen molar-refractivity contribution < 1.29 is 9.53 Å². The van der Waals surface area contributed by atoms with Gasteiger partial charge in [0.1, 0.15) is 0 Å². The molecule has 2 aromatic carbocycles. The van der Waals surface area contributed by atoms with Crippen molar-refractivity contribution in [3.8, 4) is 0 Å². The molecule has 5 nitrogen and oxygen atoms in total. The van der Waals surface area contributed by atoms with E-state index in [0.717, 1.165) is 43.1 Å². The minimum Gasteiger partial charge on any atom is -0.378 e. The molecule has 1 saturated heterocycles. The van der Waals surface area contributed by atoms with E-state index in [1.807, 2.05) is 44.2 Å². The molecular weight excluding hydrogens is 314 g/mol. The van der Waals surface area contributed by atoms with Gasteiger partial charge in [-0.15, -0.1) is 0 Å². The van der Waals surface area contributed by atoms with E-state index in [4.69, 9.17) is 4.74 Å². The van der Waals surface area contributed by atoms with Gasteiger partial charge in [0.25, 0.3) is 5.91 Å². The molecule has 1 N–H and O–H groups in total. The Morgan fingerprint density at radius 2 is 1.76 bits per heavy atom. The zero-order chi connectivity index (χ0) is 17.6. The third-order valence-electron chi connectivity index (χ3n) is 4.38. The summed E-state index contributed by atoms with van der Waals surface area (Å²) < 4.78 is 5.38. The third-order valence-corrected chi connectivity index (χ3v) is 4.38. The van der Waals surface area contributed by atoms with Crippen LogP contribution in [0, 0.1) is 6.92 Å². The van der Waals surface area contributed by atoms with Gasteiger partial charge in [0.15, 0.2) is 0 Å². The number of hydrogen-bond acceptors (Lipinski definition) is 4. The summed E-state index contributed by atoms with van der Waals surface area (Å²) in [6.45, 7) is 7.18. The van der Waals surface area contributed by atoms with Crippen molar-refractivity contribution in [1.82, 2.24) is 5.43 Å². The van der Waals surface area contributed by atoms with Crippen LogP contribution >= 0.6 is 0 Å². The Labute approximate surface area is 148 Å². The van der Waals surface area contributed by atoms with E-state index >= 15 is 0 Å². The van der Waals surface area contributed by atoms with Gasteiger partial charge in [0.2, 0.25) is 0 Å². The standard InChI is InChI=1S/C20H23N3O2/c1-15-5-3-4-6-19(15)20(24)22-21-16(2)17-7-9-18(10-8-17)23-11-13-25-14-12-23/h3-10H,11-14H2,1-2H3,(H,22,24)/b21-16+. The molecule has 1 amide bonds. The Morgan fingerprint density at radius 3 is 2.44 bits per heavy atom. The number of anilines is 1. The maximum absolute atomic E-state index is 12.2. The summed E-state index contributed by atoms with van der Waals surface area (Å²) in [5.41, 5.74) is 7.16. The molecule has 130 valence electrons. The molecule has 0 bridgehead atoms. The van der Waals surface area contributed by atoms with E-state index in [9.17, 15) is 4.79 Å². The lowest BCUT2D eigenvalue weighted by atomic mass is 10.1. The number of hydrogen-bond donors (Lipinski definition) is 1. The van der Waals surface area contributed by atoms with Crippen molar-refractivity contribution in [2.24, 2.45) is 5.10 Å². The number of aryl methyl sites for hydroxylation is 1. The van der Waals surface area contributed by atoms with E-state index in [0.29, 0.717) is 5.56 Å². The lowest BCUT2D eigenvalue weighted by Crippen LogP contribution is -2.36. The highest BCUT2D eigenvalue weighted by Crippen LogP contribution is 2.17. The van der Waals surface area contributed by atoms with Crippen LogP contribution in [0.1, 0.15) is 28.4 Å². The fourth-order valence-corrected chi connectivity index (χ4v) is 2.82. The first-order valence-electron chi connectivity index (χ1n) is 8.48. The van der Waals surface area contributed by atoms with Gasteiger partial charge in [-0.2, -0.15) is 5.10 Å². The molecule has 0 spiro atoms. The fraction of sp³-hybridized carbons (Fsp3) is 0.300. The lowest BCUT2D eigenvalue weighted by molar-refractivity contribution is 0.0954. The van der Waals surface area contributed by atoms with Crippen LogP contribution in [0.4, 0.5) is 5.69 Å². The van der Waals surface area contributed by atoms with Crippen LogP contribution in [0.3, 0.4) is 0 Å². The minimum atomic E-state index is -0.192. The lowest BCUT2D eigenvalue weighted by Gasteiger charge is -2.28. The summed E-state index contributed by atoms with van der Waals surface area (Å²) in [7, 11) is 0. The molecule has 0 radical (unpaired) electrons. The second kappa shape index (κ2) is 7.94. The topological polar surface area (TPSA) is 53.9 Å². The molecule has 0 atom stereocenters. The average Bonchev–Trinajstić information content (AvgIpc) is 2.67. The average molecular weight is 337 g/mol. The number of carbonyl (C=O) groups is 1. The van der Waals surface area contributed by atoms with E-state index in [1.165, 1.54) is 5.69 Å². The van der Waals surface area contributed by atoms with Crippen LogP contribution in [-0.4, -0.2) is 37.9 Å². The molecule has 25 heavy (non-hydrogen) atoms. The Hall–Kier alpha value is -2.66. The zero-order valence-corrected chi connectivity index (χ0v) is 14.7. The smallest absolute Gasteiger partial charge is 0.271 e. The van der Waals surface area contributed by atoms with Crippen LogP contribution in [0.5, 0.6) is 0 Å². The van der Waals surface area contributed by atoms with Gasteiger partial charge in [0, 0.05) is 24.3 Å². The van der Waals surface area contributed by atoms with Crippen molar-refractivity contribution in [3.63, 3.8) is 0 Å². The number of carbonyl (C=O) groups excluding carboxylic acids is 1. The van der Waals surface area contributed by atoms with Crippen molar-refractivity contribution in [3.05, 3.63) is 65.2 Å². The Bertz CT molecular complexity index is 763. The Morgan fingerprint density at radius 1 is 1.08 bits per heavy atom. The SMILES string of the molecule is C/C(=N\NC(=O)c1ccccc1C)c1ccc(N2CCOCC2)cc1. The molecule has 1 aliphatic rings. The number of nitrogens with zero attached hydrogens (tertiary/aromatic N) is 2. The highest BCUT2D eigenvalue weighted by Gasteiger charge is 2.11. The van der Waals surface area contributed by atoms with Crippen molar-refractivity contribution in [2.75, 3.05) is 31.2 Å². The molecule has 0 aliphatic carbocycles. The van der Waals surface area contributed by atoms with Crippen LogP contribution in [0.2, 0.25) is 0 Å². The molecule has 0 unspecified atom stereocenters. The largest absolute Gasteiger partial charge is 0.378 e. The monoisotopic (exact) mass is 337 g/mol. The minimum absolute atomic E-state index is 0.192. The van der Waals surface area contributed by atoms with Crippen LogP contribution in [-0.2, 0) is 4.74 Å². The van der Waals surface area contributed by atoms with Crippen LogP contribution in [0.15, 0.2) is 53.6 Å². The summed E-state index contributed by atoms with van der Waals surface area (Å²) in [6, 6.07) is 15.7. The molecule has 1 heterocycles. The number of amides is 1. The predicted molar refractivity (Wildman–Crippen MR) is 100 cm³/mol. The number of morpholine rings is 1. The number of hydrazone groups is 1. The van der Waals surface area contributed by atoms with E-state index in [-0.39, 0.29) is 5.91 Å². The van der Waals surface area contributed by atoms with Gasteiger partial charge < -0.3 is 9.64 Å². The van der Waals surface area contributed by atoms with E-state index in [1.54, 1.807) is 6.07 Å². The molecular formula is C20H23N3O2. The van der Waals surface area contributed by atoms with Gasteiger partial charge in [-0.05, 0) is 43.2 Å². The molecule has 5 heteroatoms. The van der Waals surface area contributed by atoms with Gasteiger partial charge in [0.05, 0.1) is 18.9 Å². The first-order valence-corrected chi connectivity index (χ1v) is 8.48. The Kier molecular flexibility index (Phi) is 5.46. The van der Waals surface area contributed by atoms with Gasteiger partial charge in [-0.3, -0.25) is 4.79 Å². The Balaban J connectivity index is 1.66. The summed E-state index contributed by atoms with van der Waals surface area (Å²) in [4.78, 5) is 14.5. The van der Waals surface area contributed by atoms with Gasteiger partial charge in [-0.1, -0.05) is 30.3 Å². The van der Waals surface area contributed by atoms with Crippen LogP contribution in [0.25, 0.3) is 0 Å². The number of rotatable bonds is 4. The molecule has 2 aromatic rings. The quantitative estimate of drug-likeness (QED) is 0.689. The highest BCUT2D eigenvalue weighted by molar-refractivity contribution is 6.01. The second-order valence-corrected chi connectivity index (χ2v) is 6.10. The van der Waals surface area contributed by atoms with Crippen LogP contribution < -0.4 is 10.3 Å². The zero-order valence-electron chi connectivity index (χ0n) is 14.7. The van der Waals surface area contributed by atoms with Gasteiger partial charge in [-0.25, -0.2) is 5.43 Å². The second-order valence-electron chi connectivity index (χ2n) is 6.10. The van der Waals surface area contributed by atoms with E-state index in [2.05, 4.69) is 27.6 Å². The van der Waals surface area contributed by atoms with Crippen molar-refractivity contribution >= 4 is 17.3 Å². The summed E-state index contributed by atoms with van der Waals surface area (Å²) in [6.07, 6.45) is 0. The van der Waals surface area contributed by atoms with Crippen molar-refractivity contribution in [2.45, 2.75) is 13.8 Å². The molecule has 1 aliphatic heterocycles. The summed E-state index contributed by atoms with van der Waals surface area (Å²) in [5, 5.41) is 4.24. The summed E-state index contributed by atoms with van der Waals surface area (Å²) >= 11 is 0. The number of ether oxygens (including phenoxy) is 1. The molecule has 1 fully saturated rings. The molecule has 0 saturated carbocycles. The number of nitrogens with one attached hydrogen (secondary N) is 1. The van der Waals surface area contributed by atoms with Gasteiger partial charge >= 0.3 is 0 Å². The highest BCUT2D eigenvalue weighted by atomic mass is 16.5. The molecule has 0 aromatic heterocycles. The maximum atomic E-state index is 12.2. The first-order chi connectivity index (χ1) is 12.1. The fourth-order valence-electron chi connectivity index (χ4n) is 2.82. The van der Waals surface area contributed by atoms with E-state index < -0.39 is 0 Å². The summed E-state index contributed by atoms with van der Waals surface area (Å²) in [5.74, 6) is -0.192. The maximum Gasteiger partial charge on any atom is 0.271 e. The normalized spacial score (nSPS) is 15.1.